The summed E-state index contributed by atoms with van der Waals surface area (Å²) < 4.78 is 28.7. The molecule has 1 N–H and O–H groups in total. The van der Waals surface area contributed by atoms with Crippen molar-refractivity contribution in [1.29, 1.82) is 0 Å². The Labute approximate surface area is 56.7 Å². The molecule has 0 saturated heterocycles. The summed E-state index contributed by atoms with van der Waals surface area (Å²) in [6, 6.07) is 1.17. The van der Waals surface area contributed by atoms with Gasteiger partial charge in [-0.25, -0.2) is 0 Å². The lowest BCUT2D eigenvalue weighted by Crippen LogP contribution is -1.94. The number of rotatable bonds is 1. The highest BCUT2D eigenvalue weighted by Crippen LogP contribution is 2.09. The summed E-state index contributed by atoms with van der Waals surface area (Å²) in [5.41, 5.74) is 0. The number of hydrogen-bond donors (Lipinski definition) is 1. The Kier molecular flexibility index (Phi) is 1.56. The Morgan fingerprint density at radius 3 is 2.56 bits per heavy atom. The first kappa shape index (κ1) is 6.73. The second kappa shape index (κ2) is 2.09. The quantitative estimate of drug-likeness (QED) is 0.615. The minimum absolute atomic E-state index is 0.215. The van der Waals surface area contributed by atoms with Crippen molar-refractivity contribution in [3.8, 4) is 0 Å². The first-order valence-corrected chi connectivity index (χ1v) is 4.21. The van der Waals surface area contributed by atoms with Crippen molar-refractivity contribution in [3.05, 3.63) is 16.8 Å². The maximum atomic E-state index is 10.2. The Hall–Kier alpha value is -0.390. The Bertz CT molecular complexity index is 271. The molecule has 9 heavy (non-hydrogen) atoms. The summed E-state index contributed by atoms with van der Waals surface area (Å²) in [6.45, 7) is 0. The topological polar surface area (TPSA) is 54.4 Å². The highest BCUT2D eigenvalue weighted by Gasteiger charge is 2.08. The van der Waals surface area contributed by atoms with Crippen molar-refractivity contribution in [2.75, 3.05) is 0 Å². The van der Waals surface area contributed by atoms with Gasteiger partial charge in [0.1, 0.15) is 4.90 Å². The molecule has 0 aromatic carbocycles. The number of thiophene rings is 1. The van der Waals surface area contributed by atoms with E-state index in [1.807, 2.05) is 0 Å². The van der Waals surface area contributed by atoms with Crippen molar-refractivity contribution in [2.45, 2.75) is 4.90 Å². The smallest absolute Gasteiger partial charge is 0.282 e. The van der Waals surface area contributed by atoms with Crippen LogP contribution in [-0.4, -0.2) is 13.0 Å². The van der Waals surface area contributed by atoms with Crippen LogP contribution in [0.4, 0.5) is 0 Å². The van der Waals surface area contributed by atoms with Crippen LogP contribution in [0.5, 0.6) is 0 Å². The average Bonchev–Trinajstić information content (AvgIpc) is 2.08. The maximum absolute atomic E-state index is 10.2. The normalized spacial score (nSPS) is 11.7. The second-order valence-corrected chi connectivity index (χ2v) is 3.34. The van der Waals surface area contributed by atoms with Gasteiger partial charge in [-0.15, -0.1) is 11.3 Å². The van der Waals surface area contributed by atoms with Gasteiger partial charge in [-0.05, 0) is 6.07 Å². The van der Waals surface area contributed by atoms with Crippen LogP contribution in [0, 0.1) is 10.8 Å². The van der Waals surface area contributed by atoms with E-state index < -0.39 is 10.1 Å². The van der Waals surface area contributed by atoms with E-state index in [1.165, 1.54) is 6.07 Å². The summed E-state index contributed by atoms with van der Waals surface area (Å²) in [5.74, 6) is 0. The van der Waals surface area contributed by atoms with Crippen molar-refractivity contribution >= 4 is 21.5 Å². The molecule has 0 atom stereocenters. The summed E-state index contributed by atoms with van der Waals surface area (Å²) in [6.07, 6.45) is 0. The number of hydrogen-bond acceptors (Lipinski definition) is 3. The third-order valence-electron chi connectivity index (χ3n) is 0.678. The van der Waals surface area contributed by atoms with Crippen LogP contribution in [0.1, 0.15) is 0 Å². The van der Waals surface area contributed by atoms with Gasteiger partial charge >= 0.3 is 0 Å². The molecule has 0 saturated carbocycles. The minimum Gasteiger partial charge on any atom is -0.282 e. The Balaban J connectivity index is 3.20. The predicted molar refractivity (Wildman–Crippen MR) is 31.8 cm³/mol. The van der Waals surface area contributed by atoms with Crippen molar-refractivity contribution in [3.63, 3.8) is 0 Å². The Morgan fingerprint density at radius 2 is 2.33 bits per heavy atom. The Morgan fingerprint density at radius 1 is 1.67 bits per heavy atom. The summed E-state index contributed by atoms with van der Waals surface area (Å²) in [5, 5.41) is 4.81. The largest absolute Gasteiger partial charge is 0.296 e. The van der Waals surface area contributed by atoms with Gasteiger partial charge in [0.15, 0.2) is 0 Å². The van der Waals surface area contributed by atoms with E-state index in [-0.39, 0.29) is 4.90 Å². The molecule has 0 aliphatic carbocycles. The highest BCUT2D eigenvalue weighted by atomic mass is 32.2. The fourth-order valence-corrected chi connectivity index (χ4v) is 1.54. The van der Waals surface area contributed by atoms with Gasteiger partial charge in [-0.2, -0.15) is 8.42 Å². The molecule has 0 fully saturated rings. The fraction of sp³-hybridized carbons (Fsp3) is 0. The zero-order valence-corrected chi connectivity index (χ0v) is 5.79. The van der Waals surface area contributed by atoms with Crippen molar-refractivity contribution in [2.24, 2.45) is 0 Å². The minimum atomic E-state index is -4.04. The van der Waals surface area contributed by atoms with Gasteiger partial charge in [0.25, 0.3) is 10.1 Å². The second-order valence-electron chi connectivity index (χ2n) is 1.31. The monoisotopic (exact) mass is 162 g/mol. The van der Waals surface area contributed by atoms with Gasteiger partial charge in [-0.3, -0.25) is 4.55 Å². The molecular weight excluding hydrogens is 160 g/mol. The van der Waals surface area contributed by atoms with E-state index in [0.29, 0.717) is 0 Å². The fourth-order valence-electron chi connectivity index (χ4n) is 0.319. The molecular formula is C4H2O3S2. The molecule has 0 spiro atoms. The van der Waals surface area contributed by atoms with E-state index in [2.05, 4.69) is 10.8 Å². The maximum Gasteiger partial charge on any atom is 0.296 e. The van der Waals surface area contributed by atoms with Crippen LogP contribution >= 0.6 is 11.3 Å². The molecule has 2 radical (unpaired) electrons. The van der Waals surface area contributed by atoms with Gasteiger partial charge in [-0.1, -0.05) is 0 Å². The van der Waals surface area contributed by atoms with E-state index in [4.69, 9.17) is 4.55 Å². The molecule has 0 amide bonds. The summed E-state index contributed by atoms with van der Waals surface area (Å²) in [4.78, 5) is -0.215. The molecule has 1 rings (SSSR count). The molecule has 1 heterocycles. The molecule has 1 aromatic heterocycles. The van der Waals surface area contributed by atoms with Crippen LogP contribution in [0.2, 0.25) is 0 Å². The van der Waals surface area contributed by atoms with E-state index in [9.17, 15) is 8.42 Å². The van der Waals surface area contributed by atoms with E-state index in [0.717, 1.165) is 11.3 Å². The summed E-state index contributed by atoms with van der Waals surface area (Å²) >= 11 is 0.977. The molecule has 0 aliphatic rings. The zero-order valence-electron chi connectivity index (χ0n) is 4.16. The first-order valence-electron chi connectivity index (χ1n) is 1.96. The first-order chi connectivity index (χ1) is 4.11. The van der Waals surface area contributed by atoms with E-state index >= 15 is 0 Å². The lowest BCUT2D eigenvalue weighted by molar-refractivity contribution is 0.483. The molecule has 5 heteroatoms. The van der Waals surface area contributed by atoms with Crippen LogP contribution in [0.15, 0.2) is 11.0 Å². The van der Waals surface area contributed by atoms with Gasteiger partial charge in [0.05, 0.1) is 5.38 Å². The molecule has 1 aromatic rings. The third-order valence-corrected chi connectivity index (χ3v) is 2.14. The van der Waals surface area contributed by atoms with Gasteiger partial charge < -0.3 is 0 Å². The van der Waals surface area contributed by atoms with Crippen LogP contribution < -0.4 is 0 Å². The third kappa shape index (κ3) is 1.51. The SMILES string of the molecule is O=S(=O)(O)c1[c]s[c]c1. The summed E-state index contributed by atoms with van der Waals surface area (Å²) in [7, 11) is -4.04. The molecule has 0 unspecified atom stereocenters. The standard InChI is InChI=1S/C4H2O3S2/c5-9(6,7)4-1-2-8-3-4/h1H,(H,5,6,7). The molecule has 3 nitrogen and oxygen atoms in total. The van der Waals surface area contributed by atoms with Crippen molar-refractivity contribution in [1.82, 2.24) is 0 Å². The lowest BCUT2D eigenvalue weighted by atomic mass is 10.7. The van der Waals surface area contributed by atoms with E-state index in [1.54, 1.807) is 0 Å². The predicted octanol–water partition coefficient (Wildman–Crippen LogP) is 0.595. The molecule has 0 bridgehead atoms. The van der Waals surface area contributed by atoms with Crippen molar-refractivity contribution < 1.29 is 13.0 Å². The van der Waals surface area contributed by atoms with Crippen LogP contribution in [-0.2, 0) is 10.1 Å². The van der Waals surface area contributed by atoms with Crippen LogP contribution in [0.3, 0.4) is 0 Å². The van der Waals surface area contributed by atoms with Gasteiger partial charge in [0.2, 0.25) is 0 Å². The molecule has 48 valence electrons. The zero-order chi connectivity index (χ0) is 6.91. The average molecular weight is 162 g/mol. The molecule has 0 aliphatic heterocycles. The van der Waals surface area contributed by atoms with Gasteiger partial charge in [0, 0.05) is 5.38 Å². The van der Waals surface area contributed by atoms with Crippen LogP contribution in [0.25, 0.3) is 0 Å². The lowest BCUT2D eigenvalue weighted by Gasteiger charge is -1.84. The highest BCUT2D eigenvalue weighted by molar-refractivity contribution is 7.86.